The number of hydrogen-bond acceptors (Lipinski definition) is 5. The Kier molecular flexibility index (Phi) is 5.31. The zero-order valence-electron chi connectivity index (χ0n) is 14.6. The van der Waals surface area contributed by atoms with Crippen molar-refractivity contribution in [3.8, 4) is 11.5 Å². The summed E-state index contributed by atoms with van der Waals surface area (Å²) in [5.41, 5.74) is 4.48. The Morgan fingerprint density at radius 2 is 1.92 bits per heavy atom. The van der Waals surface area contributed by atoms with Gasteiger partial charge in [-0.2, -0.15) is 5.10 Å². The third kappa shape index (κ3) is 4.27. The zero-order chi connectivity index (χ0) is 18.5. The first-order valence-electron chi connectivity index (χ1n) is 8.33. The fraction of sp³-hybridized carbons (Fsp3) is 0.250. The van der Waals surface area contributed by atoms with E-state index in [0.29, 0.717) is 17.1 Å². The van der Waals surface area contributed by atoms with E-state index in [-0.39, 0.29) is 17.7 Å². The number of hydrazone groups is 1. The van der Waals surface area contributed by atoms with Crippen LogP contribution in [-0.2, 0) is 9.59 Å². The number of amides is 1. The van der Waals surface area contributed by atoms with Gasteiger partial charge in [-0.1, -0.05) is 30.3 Å². The number of nitrogens with zero attached hydrogens (tertiary/aromatic N) is 1. The van der Waals surface area contributed by atoms with Crippen LogP contribution in [0.1, 0.15) is 30.4 Å². The highest BCUT2D eigenvalue weighted by Crippen LogP contribution is 2.47. The molecule has 2 aromatic carbocycles. The topological polar surface area (TPSA) is 77.0 Å². The predicted molar refractivity (Wildman–Crippen MR) is 97.3 cm³/mol. The minimum Gasteiger partial charge on any atom is -0.493 e. The molecule has 1 aliphatic carbocycles. The van der Waals surface area contributed by atoms with E-state index in [1.807, 2.05) is 30.3 Å². The van der Waals surface area contributed by atoms with E-state index in [1.165, 1.54) is 25.8 Å². The molecule has 134 valence electrons. The van der Waals surface area contributed by atoms with Gasteiger partial charge < -0.3 is 9.47 Å². The summed E-state index contributed by atoms with van der Waals surface area (Å²) in [7, 11) is 1.49. The summed E-state index contributed by atoms with van der Waals surface area (Å²) in [4.78, 5) is 23.2. The molecule has 1 aliphatic rings. The number of methoxy groups -OCH3 is 1. The molecular formula is C20H20N2O4. The van der Waals surface area contributed by atoms with Gasteiger partial charge in [-0.25, -0.2) is 5.43 Å². The highest BCUT2D eigenvalue weighted by Gasteiger charge is 2.43. The molecule has 6 nitrogen and oxygen atoms in total. The highest BCUT2D eigenvalue weighted by molar-refractivity contribution is 5.86. The molecule has 0 radical (unpaired) electrons. The number of carbonyl (C=O) groups is 2. The maximum absolute atomic E-state index is 12.2. The van der Waals surface area contributed by atoms with Crippen molar-refractivity contribution in [2.75, 3.05) is 7.11 Å². The molecule has 0 saturated heterocycles. The lowest BCUT2D eigenvalue weighted by molar-refractivity contribution is -0.132. The molecule has 1 amide bonds. The van der Waals surface area contributed by atoms with Crippen molar-refractivity contribution in [1.82, 2.24) is 5.43 Å². The number of hydrogen-bond donors (Lipinski definition) is 1. The minimum absolute atomic E-state index is 0.0320. The van der Waals surface area contributed by atoms with E-state index in [1.54, 1.807) is 18.2 Å². The number of ether oxygens (including phenoxy) is 2. The average molecular weight is 352 g/mol. The monoisotopic (exact) mass is 352 g/mol. The summed E-state index contributed by atoms with van der Waals surface area (Å²) >= 11 is 0. The minimum atomic E-state index is -0.422. The molecule has 0 unspecified atom stereocenters. The zero-order valence-corrected chi connectivity index (χ0v) is 14.6. The van der Waals surface area contributed by atoms with Crippen molar-refractivity contribution in [2.24, 2.45) is 11.0 Å². The van der Waals surface area contributed by atoms with Crippen molar-refractivity contribution in [2.45, 2.75) is 19.3 Å². The van der Waals surface area contributed by atoms with Gasteiger partial charge in [0.15, 0.2) is 11.5 Å². The molecule has 6 heteroatoms. The SMILES string of the molecule is COc1cc(/C=N\NC(=O)[C@@H]2C[C@H]2c2ccccc2)ccc1OC(C)=O. The molecule has 2 atom stereocenters. The van der Waals surface area contributed by atoms with Gasteiger partial charge in [0.25, 0.3) is 0 Å². The Labute approximate surface area is 151 Å². The summed E-state index contributed by atoms with van der Waals surface area (Å²) in [5.74, 6) is 0.490. The third-order valence-electron chi connectivity index (χ3n) is 4.18. The summed E-state index contributed by atoms with van der Waals surface area (Å²) < 4.78 is 10.2. The van der Waals surface area contributed by atoms with Gasteiger partial charge in [-0.15, -0.1) is 0 Å². The Hall–Kier alpha value is -3.15. The lowest BCUT2D eigenvalue weighted by Gasteiger charge is -2.08. The molecule has 3 rings (SSSR count). The Morgan fingerprint density at radius 1 is 1.15 bits per heavy atom. The molecule has 0 heterocycles. The molecule has 1 saturated carbocycles. The molecule has 0 aliphatic heterocycles. The maximum atomic E-state index is 12.2. The van der Waals surface area contributed by atoms with Gasteiger partial charge in [0, 0.05) is 12.8 Å². The van der Waals surface area contributed by atoms with Gasteiger partial charge in [0.05, 0.1) is 13.3 Å². The number of nitrogens with one attached hydrogen (secondary N) is 1. The van der Waals surface area contributed by atoms with E-state index in [2.05, 4.69) is 10.5 Å². The van der Waals surface area contributed by atoms with Crippen LogP contribution >= 0.6 is 0 Å². The maximum Gasteiger partial charge on any atom is 0.308 e. The van der Waals surface area contributed by atoms with Gasteiger partial charge in [0.2, 0.25) is 5.91 Å². The van der Waals surface area contributed by atoms with Crippen LogP contribution in [0.15, 0.2) is 53.6 Å². The Balaban J connectivity index is 1.57. The summed E-state index contributed by atoms with van der Waals surface area (Å²) in [6.07, 6.45) is 2.37. The van der Waals surface area contributed by atoms with Crippen molar-refractivity contribution in [3.63, 3.8) is 0 Å². The molecule has 1 N–H and O–H groups in total. The van der Waals surface area contributed by atoms with E-state index >= 15 is 0 Å². The second-order valence-corrected chi connectivity index (χ2v) is 6.10. The predicted octanol–water partition coefficient (Wildman–Crippen LogP) is 2.87. The fourth-order valence-corrected chi connectivity index (χ4v) is 2.81. The van der Waals surface area contributed by atoms with Crippen LogP contribution in [0.3, 0.4) is 0 Å². The summed E-state index contributed by atoms with van der Waals surface area (Å²) in [6, 6.07) is 15.0. The van der Waals surface area contributed by atoms with Crippen molar-refractivity contribution < 1.29 is 19.1 Å². The standard InChI is InChI=1S/C20H20N2O4/c1-13(23)26-18-9-8-14(10-19(18)25-2)12-21-22-20(24)17-11-16(17)15-6-4-3-5-7-15/h3-10,12,16-17H,11H2,1-2H3,(H,22,24)/b21-12-/t16-,17+/m0/s1. The molecular weight excluding hydrogens is 332 g/mol. The van der Waals surface area contributed by atoms with Gasteiger partial charge >= 0.3 is 5.97 Å². The number of rotatable bonds is 6. The van der Waals surface area contributed by atoms with E-state index in [4.69, 9.17) is 9.47 Å². The molecule has 1 fully saturated rings. The fourth-order valence-electron chi connectivity index (χ4n) is 2.81. The van der Waals surface area contributed by atoms with Crippen LogP contribution in [0.2, 0.25) is 0 Å². The molecule has 0 spiro atoms. The van der Waals surface area contributed by atoms with Crippen molar-refractivity contribution >= 4 is 18.1 Å². The average Bonchev–Trinajstić information content (AvgIpc) is 3.44. The normalized spacial score (nSPS) is 18.4. The number of carbonyl (C=O) groups excluding carboxylic acids is 2. The van der Waals surface area contributed by atoms with Crippen LogP contribution < -0.4 is 14.9 Å². The summed E-state index contributed by atoms with van der Waals surface area (Å²) in [6.45, 7) is 1.32. The lowest BCUT2D eigenvalue weighted by atomic mass is 10.1. The smallest absolute Gasteiger partial charge is 0.308 e. The molecule has 0 aromatic heterocycles. The first-order valence-corrected chi connectivity index (χ1v) is 8.33. The molecule has 0 bridgehead atoms. The number of esters is 1. The quantitative estimate of drug-likeness (QED) is 0.375. The second-order valence-electron chi connectivity index (χ2n) is 6.10. The van der Waals surface area contributed by atoms with Crippen LogP contribution in [0, 0.1) is 5.92 Å². The highest BCUT2D eigenvalue weighted by atomic mass is 16.6. The molecule has 2 aromatic rings. The van der Waals surface area contributed by atoms with Crippen LogP contribution in [0.4, 0.5) is 0 Å². The van der Waals surface area contributed by atoms with Gasteiger partial charge in [-0.05, 0) is 41.7 Å². The second kappa shape index (κ2) is 7.82. The molecule has 26 heavy (non-hydrogen) atoms. The number of benzene rings is 2. The Morgan fingerprint density at radius 3 is 2.62 bits per heavy atom. The first kappa shape index (κ1) is 17.7. The van der Waals surface area contributed by atoms with Crippen LogP contribution in [-0.4, -0.2) is 25.2 Å². The first-order chi connectivity index (χ1) is 12.6. The van der Waals surface area contributed by atoms with E-state index in [0.717, 1.165) is 6.42 Å². The van der Waals surface area contributed by atoms with E-state index < -0.39 is 5.97 Å². The third-order valence-corrected chi connectivity index (χ3v) is 4.18. The summed E-state index contributed by atoms with van der Waals surface area (Å²) in [5, 5.41) is 4.01. The van der Waals surface area contributed by atoms with Gasteiger partial charge in [0.1, 0.15) is 0 Å². The van der Waals surface area contributed by atoms with Crippen LogP contribution in [0.5, 0.6) is 11.5 Å². The lowest BCUT2D eigenvalue weighted by Crippen LogP contribution is -2.20. The van der Waals surface area contributed by atoms with Crippen LogP contribution in [0.25, 0.3) is 0 Å². The Bertz CT molecular complexity index is 833. The largest absolute Gasteiger partial charge is 0.493 e. The van der Waals surface area contributed by atoms with Crippen molar-refractivity contribution in [1.29, 1.82) is 0 Å². The van der Waals surface area contributed by atoms with Gasteiger partial charge in [-0.3, -0.25) is 9.59 Å². The van der Waals surface area contributed by atoms with Crippen molar-refractivity contribution in [3.05, 3.63) is 59.7 Å². The van der Waals surface area contributed by atoms with E-state index in [9.17, 15) is 9.59 Å².